The van der Waals surface area contributed by atoms with Crippen molar-refractivity contribution < 1.29 is 0 Å². The summed E-state index contributed by atoms with van der Waals surface area (Å²) in [5.41, 5.74) is 9.86. The summed E-state index contributed by atoms with van der Waals surface area (Å²) in [5, 5.41) is 3.27. The molecule has 0 unspecified atom stereocenters. The van der Waals surface area contributed by atoms with Crippen molar-refractivity contribution >= 4 is 11.4 Å². The SMILES string of the molecule is C=C(C)CNc1cc(N)ccc1C. The smallest absolute Gasteiger partial charge is 0.0393 e. The fraction of sp³-hybridized carbons (Fsp3) is 0.273. The van der Waals surface area contributed by atoms with Gasteiger partial charge in [-0.3, -0.25) is 0 Å². The first-order chi connectivity index (χ1) is 6.09. The van der Waals surface area contributed by atoms with Gasteiger partial charge in [0.15, 0.2) is 0 Å². The zero-order valence-corrected chi connectivity index (χ0v) is 8.22. The van der Waals surface area contributed by atoms with Gasteiger partial charge < -0.3 is 11.1 Å². The number of aryl methyl sites for hydroxylation is 1. The molecule has 1 aromatic rings. The quantitative estimate of drug-likeness (QED) is 0.548. The van der Waals surface area contributed by atoms with E-state index in [9.17, 15) is 0 Å². The van der Waals surface area contributed by atoms with Crippen molar-refractivity contribution in [1.29, 1.82) is 0 Å². The first kappa shape index (κ1) is 9.65. The lowest BCUT2D eigenvalue weighted by molar-refractivity contribution is 1.20. The number of nitrogens with two attached hydrogens (primary N) is 1. The first-order valence-electron chi connectivity index (χ1n) is 4.34. The van der Waals surface area contributed by atoms with Crippen molar-refractivity contribution in [3.8, 4) is 0 Å². The molecule has 0 spiro atoms. The van der Waals surface area contributed by atoms with Gasteiger partial charge in [-0.2, -0.15) is 0 Å². The molecule has 2 heteroatoms. The summed E-state index contributed by atoms with van der Waals surface area (Å²) in [6, 6.07) is 5.86. The van der Waals surface area contributed by atoms with Gasteiger partial charge in [0.1, 0.15) is 0 Å². The fourth-order valence-corrected chi connectivity index (χ4v) is 1.08. The molecule has 0 heterocycles. The Kier molecular flexibility index (Phi) is 2.96. The number of hydrogen-bond donors (Lipinski definition) is 2. The van der Waals surface area contributed by atoms with Crippen LogP contribution < -0.4 is 11.1 Å². The molecular weight excluding hydrogens is 160 g/mol. The number of nitrogen functional groups attached to an aromatic ring is 1. The summed E-state index contributed by atoms with van der Waals surface area (Å²) in [6.07, 6.45) is 0. The lowest BCUT2D eigenvalue weighted by Gasteiger charge is -2.09. The second kappa shape index (κ2) is 3.99. The van der Waals surface area contributed by atoms with Crippen LogP contribution in [-0.4, -0.2) is 6.54 Å². The van der Waals surface area contributed by atoms with E-state index in [1.54, 1.807) is 0 Å². The Hall–Kier alpha value is -1.44. The van der Waals surface area contributed by atoms with Gasteiger partial charge in [-0.1, -0.05) is 18.2 Å². The molecule has 13 heavy (non-hydrogen) atoms. The van der Waals surface area contributed by atoms with Crippen LogP contribution in [0.15, 0.2) is 30.4 Å². The van der Waals surface area contributed by atoms with Gasteiger partial charge in [0.25, 0.3) is 0 Å². The third-order valence-electron chi connectivity index (χ3n) is 1.84. The molecule has 0 atom stereocenters. The third-order valence-corrected chi connectivity index (χ3v) is 1.84. The predicted octanol–water partition coefficient (Wildman–Crippen LogP) is 2.57. The van der Waals surface area contributed by atoms with Gasteiger partial charge >= 0.3 is 0 Å². The predicted molar refractivity (Wildman–Crippen MR) is 58.9 cm³/mol. The molecular formula is C11H16N2. The molecule has 0 aliphatic rings. The van der Waals surface area contributed by atoms with E-state index in [0.717, 1.165) is 23.5 Å². The molecule has 0 aliphatic heterocycles. The number of hydrogen-bond acceptors (Lipinski definition) is 2. The molecule has 70 valence electrons. The molecule has 3 N–H and O–H groups in total. The van der Waals surface area contributed by atoms with Crippen LogP contribution in [-0.2, 0) is 0 Å². The van der Waals surface area contributed by atoms with Crippen molar-refractivity contribution in [3.05, 3.63) is 35.9 Å². The minimum atomic E-state index is 0.787. The molecule has 0 fully saturated rings. The van der Waals surface area contributed by atoms with Gasteiger partial charge in [-0.15, -0.1) is 0 Å². The van der Waals surface area contributed by atoms with Crippen molar-refractivity contribution in [1.82, 2.24) is 0 Å². The Bertz CT molecular complexity index is 316. The lowest BCUT2D eigenvalue weighted by atomic mass is 10.2. The highest BCUT2D eigenvalue weighted by Crippen LogP contribution is 2.17. The molecule has 0 saturated carbocycles. The van der Waals surface area contributed by atoms with Crippen LogP contribution in [0.1, 0.15) is 12.5 Å². The maximum atomic E-state index is 5.67. The number of anilines is 2. The Morgan fingerprint density at radius 1 is 1.54 bits per heavy atom. The zero-order valence-electron chi connectivity index (χ0n) is 8.22. The van der Waals surface area contributed by atoms with Crippen LogP contribution in [0.4, 0.5) is 11.4 Å². The second-order valence-corrected chi connectivity index (χ2v) is 3.39. The van der Waals surface area contributed by atoms with E-state index in [2.05, 4.69) is 18.8 Å². The molecule has 0 saturated heterocycles. The molecule has 1 rings (SSSR count). The van der Waals surface area contributed by atoms with Crippen molar-refractivity contribution in [2.45, 2.75) is 13.8 Å². The van der Waals surface area contributed by atoms with E-state index in [1.165, 1.54) is 5.56 Å². The lowest BCUT2D eigenvalue weighted by Crippen LogP contribution is -2.03. The topological polar surface area (TPSA) is 38.0 Å². The van der Waals surface area contributed by atoms with Crippen LogP contribution in [0, 0.1) is 6.92 Å². The average molecular weight is 176 g/mol. The van der Waals surface area contributed by atoms with Crippen LogP contribution in [0.3, 0.4) is 0 Å². The fourth-order valence-electron chi connectivity index (χ4n) is 1.08. The number of rotatable bonds is 3. The number of benzene rings is 1. The maximum Gasteiger partial charge on any atom is 0.0393 e. The summed E-state index contributed by atoms with van der Waals surface area (Å²) < 4.78 is 0. The van der Waals surface area contributed by atoms with E-state index in [-0.39, 0.29) is 0 Å². The Morgan fingerprint density at radius 2 is 2.23 bits per heavy atom. The van der Waals surface area contributed by atoms with Crippen LogP contribution in [0.5, 0.6) is 0 Å². The molecule has 0 amide bonds. The van der Waals surface area contributed by atoms with Crippen molar-refractivity contribution in [3.63, 3.8) is 0 Å². The highest BCUT2D eigenvalue weighted by Gasteiger charge is 1.97. The standard InChI is InChI=1S/C11H16N2/c1-8(2)7-13-11-6-10(12)5-4-9(11)3/h4-6,13H,1,7,12H2,2-3H3. The van der Waals surface area contributed by atoms with Gasteiger partial charge in [0, 0.05) is 17.9 Å². The van der Waals surface area contributed by atoms with E-state index < -0.39 is 0 Å². The monoisotopic (exact) mass is 176 g/mol. The summed E-state index contributed by atoms with van der Waals surface area (Å²) in [5.74, 6) is 0. The summed E-state index contributed by atoms with van der Waals surface area (Å²) in [4.78, 5) is 0. The van der Waals surface area contributed by atoms with Gasteiger partial charge in [0.2, 0.25) is 0 Å². The van der Waals surface area contributed by atoms with Gasteiger partial charge in [-0.05, 0) is 31.5 Å². The largest absolute Gasteiger partial charge is 0.399 e. The molecule has 2 nitrogen and oxygen atoms in total. The van der Waals surface area contributed by atoms with Crippen LogP contribution in [0.25, 0.3) is 0 Å². The van der Waals surface area contributed by atoms with Crippen LogP contribution in [0.2, 0.25) is 0 Å². The Balaban J connectivity index is 2.75. The van der Waals surface area contributed by atoms with E-state index in [4.69, 9.17) is 5.73 Å². The summed E-state index contributed by atoms with van der Waals surface area (Å²) in [6.45, 7) is 8.67. The molecule has 0 bridgehead atoms. The minimum absolute atomic E-state index is 0.787. The van der Waals surface area contributed by atoms with Gasteiger partial charge in [-0.25, -0.2) is 0 Å². The molecule has 1 aromatic carbocycles. The Morgan fingerprint density at radius 3 is 2.85 bits per heavy atom. The number of nitrogens with one attached hydrogen (secondary N) is 1. The summed E-state index contributed by atoms with van der Waals surface area (Å²) in [7, 11) is 0. The maximum absolute atomic E-state index is 5.67. The Labute approximate surface area is 79.5 Å². The normalized spacial score (nSPS) is 9.69. The minimum Gasteiger partial charge on any atom is -0.399 e. The highest BCUT2D eigenvalue weighted by atomic mass is 14.9. The van der Waals surface area contributed by atoms with Crippen molar-refractivity contribution in [2.24, 2.45) is 0 Å². The van der Waals surface area contributed by atoms with Crippen LogP contribution >= 0.6 is 0 Å². The highest BCUT2D eigenvalue weighted by molar-refractivity contribution is 5.59. The first-order valence-corrected chi connectivity index (χ1v) is 4.34. The van der Waals surface area contributed by atoms with E-state index >= 15 is 0 Å². The average Bonchev–Trinajstić information content (AvgIpc) is 2.06. The molecule has 0 radical (unpaired) electrons. The van der Waals surface area contributed by atoms with Crippen molar-refractivity contribution in [2.75, 3.05) is 17.6 Å². The molecule has 0 aromatic heterocycles. The van der Waals surface area contributed by atoms with Gasteiger partial charge in [0.05, 0.1) is 0 Å². The van der Waals surface area contributed by atoms with E-state index in [0.29, 0.717) is 0 Å². The summed E-state index contributed by atoms with van der Waals surface area (Å²) >= 11 is 0. The molecule has 0 aliphatic carbocycles. The third kappa shape index (κ3) is 2.82. The zero-order chi connectivity index (χ0) is 9.84. The van der Waals surface area contributed by atoms with E-state index in [1.807, 2.05) is 25.1 Å². The second-order valence-electron chi connectivity index (χ2n) is 3.39.